The lowest BCUT2D eigenvalue weighted by Gasteiger charge is -2.12. The molecule has 16 heavy (non-hydrogen) atoms. The summed E-state index contributed by atoms with van der Waals surface area (Å²) in [6, 6.07) is 0. The molecule has 96 valence electrons. The summed E-state index contributed by atoms with van der Waals surface area (Å²) in [7, 11) is 0. The second-order valence-electron chi connectivity index (χ2n) is 4.81. The van der Waals surface area contributed by atoms with Crippen molar-refractivity contribution in [1.29, 1.82) is 0 Å². The summed E-state index contributed by atoms with van der Waals surface area (Å²) in [5.41, 5.74) is 0. The highest BCUT2D eigenvalue weighted by molar-refractivity contribution is 4.63. The normalized spacial score (nSPS) is 22.5. The van der Waals surface area contributed by atoms with E-state index in [1.165, 1.54) is 12.8 Å². The highest BCUT2D eigenvalue weighted by Gasteiger charge is 2.15. The zero-order chi connectivity index (χ0) is 11.6. The first-order chi connectivity index (χ1) is 7.83. The molecule has 1 N–H and O–H groups in total. The lowest BCUT2D eigenvalue weighted by atomic mass is 10.1. The average molecular weight is 229 g/mol. The first-order valence-electron chi connectivity index (χ1n) is 6.73. The van der Waals surface area contributed by atoms with Gasteiger partial charge in [-0.2, -0.15) is 0 Å². The fourth-order valence-electron chi connectivity index (χ4n) is 2.03. The Bertz CT molecular complexity index is 158. The van der Waals surface area contributed by atoms with Crippen molar-refractivity contribution in [3.05, 3.63) is 0 Å². The van der Waals surface area contributed by atoms with Gasteiger partial charge in [-0.1, -0.05) is 20.3 Å². The van der Waals surface area contributed by atoms with Crippen LogP contribution >= 0.6 is 0 Å². The molecule has 0 radical (unpaired) electrons. The third-order valence-electron chi connectivity index (χ3n) is 3.01. The molecule has 1 heterocycles. The Labute approximate surface area is 99.9 Å². The van der Waals surface area contributed by atoms with E-state index >= 15 is 0 Å². The topological polar surface area (TPSA) is 30.5 Å². The number of ether oxygens (including phenoxy) is 2. The highest BCUT2D eigenvalue weighted by atomic mass is 16.5. The lowest BCUT2D eigenvalue weighted by Crippen LogP contribution is -2.24. The Morgan fingerprint density at radius 1 is 1.50 bits per heavy atom. The predicted molar refractivity (Wildman–Crippen MR) is 66.7 cm³/mol. The van der Waals surface area contributed by atoms with Crippen molar-refractivity contribution in [2.75, 3.05) is 32.9 Å². The van der Waals surface area contributed by atoms with Gasteiger partial charge in [-0.15, -0.1) is 0 Å². The zero-order valence-corrected chi connectivity index (χ0v) is 10.8. The van der Waals surface area contributed by atoms with E-state index in [9.17, 15) is 0 Å². The van der Waals surface area contributed by atoms with E-state index in [0.717, 1.165) is 51.7 Å². The Morgan fingerprint density at radius 2 is 2.38 bits per heavy atom. The van der Waals surface area contributed by atoms with Gasteiger partial charge >= 0.3 is 0 Å². The molecule has 2 unspecified atom stereocenters. The molecule has 3 nitrogen and oxygen atoms in total. The molecule has 0 amide bonds. The van der Waals surface area contributed by atoms with Crippen LogP contribution in [0, 0.1) is 5.92 Å². The van der Waals surface area contributed by atoms with Crippen molar-refractivity contribution >= 4 is 0 Å². The molecule has 0 spiro atoms. The molecule has 0 aromatic rings. The summed E-state index contributed by atoms with van der Waals surface area (Å²) in [6.07, 6.45) is 5.14. The van der Waals surface area contributed by atoms with Crippen molar-refractivity contribution in [3.63, 3.8) is 0 Å². The molecule has 0 bridgehead atoms. The van der Waals surface area contributed by atoms with E-state index < -0.39 is 0 Å². The minimum Gasteiger partial charge on any atom is -0.379 e. The average Bonchev–Trinajstić information content (AvgIpc) is 2.76. The first kappa shape index (κ1) is 13.9. The predicted octanol–water partition coefficient (Wildman–Crippen LogP) is 2.21. The van der Waals surface area contributed by atoms with Crippen LogP contribution in [0.5, 0.6) is 0 Å². The van der Waals surface area contributed by atoms with Gasteiger partial charge in [0.1, 0.15) is 0 Å². The number of nitrogens with one attached hydrogen (secondary N) is 1. The summed E-state index contributed by atoms with van der Waals surface area (Å²) >= 11 is 0. The van der Waals surface area contributed by atoms with Crippen LogP contribution in [0.4, 0.5) is 0 Å². The number of hydrogen-bond acceptors (Lipinski definition) is 3. The van der Waals surface area contributed by atoms with Gasteiger partial charge in [0.25, 0.3) is 0 Å². The van der Waals surface area contributed by atoms with Crippen molar-refractivity contribution < 1.29 is 9.47 Å². The van der Waals surface area contributed by atoms with Crippen LogP contribution in [0.1, 0.15) is 39.5 Å². The minimum atomic E-state index is 0.360. The van der Waals surface area contributed by atoms with Crippen LogP contribution in [-0.4, -0.2) is 39.0 Å². The Balaban J connectivity index is 1.80. The molecule has 1 saturated heterocycles. The van der Waals surface area contributed by atoms with Crippen molar-refractivity contribution in [3.8, 4) is 0 Å². The monoisotopic (exact) mass is 229 g/mol. The second kappa shape index (κ2) is 8.97. The van der Waals surface area contributed by atoms with E-state index in [1.54, 1.807) is 0 Å². The van der Waals surface area contributed by atoms with Crippen molar-refractivity contribution in [2.45, 2.75) is 45.6 Å². The lowest BCUT2D eigenvalue weighted by molar-refractivity contribution is 0.0415. The molecule has 1 rings (SSSR count). The van der Waals surface area contributed by atoms with Gasteiger partial charge < -0.3 is 14.8 Å². The Hall–Kier alpha value is -0.120. The molecule has 0 aliphatic carbocycles. The molecular formula is C13H27NO2. The van der Waals surface area contributed by atoms with Crippen LogP contribution in [0.2, 0.25) is 0 Å². The van der Waals surface area contributed by atoms with E-state index in [2.05, 4.69) is 19.2 Å². The largest absolute Gasteiger partial charge is 0.379 e. The summed E-state index contributed by atoms with van der Waals surface area (Å²) in [6.45, 7) is 9.29. The van der Waals surface area contributed by atoms with E-state index in [4.69, 9.17) is 9.47 Å². The smallest absolute Gasteiger partial charge is 0.0830 e. The molecule has 0 aromatic carbocycles. The van der Waals surface area contributed by atoms with Gasteiger partial charge in [-0.05, 0) is 38.3 Å². The molecule has 2 atom stereocenters. The first-order valence-corrected chi connectivity index (χ1v) is 6.73. The maximum atomic E-state index is 5.69. The SMILES string of the molecule is CCCC(C)CNCCCOC1CCOC1. The molecule has 0 aromatic heterocycles. The summed E-state index contributed by atoms with van der Waals surface area (Å²) < 4.78 is 10.9. The standard InChI is InChI=1S/C13H27NO2/c1-3-5-12(2)10-14-7-4-8-16-13-6-9-15-11-13/h12-14H,3-11H2,1-2H3. The van der Waals surface area contributed by atoms with Gasteiger partial charge in [-0.3, -0.25) is 0 Å². The van der Waals surface area contributed by atoms with E-state index in [0.29, 0.717) is 6.10 Å². The fourth-order valence-corrected chi connectivity index (χ4v) is 2.03. The highest BCUT2D eigenvalue weighted by Crippen LogP contribution is 2.08. The van der Waals surface area contributed by atoms with Gasteiger partial charge in [-0.25, -0.2) is 0 Å². The molecule has 1 aliphatic heterocycles. The molecule has 1 aliphatic rings. The Morgan fingerprint density at radius 3 is 3.06 bits per heavy atom. The van der Waals surface area contributed by atoms with E-state index in [-0.39, 0.29) is 0 Å². The van der Waals surface area contributed by atoms with E-state index in [1.807, 2.05) is 0 Å². The quantitative estimate of drug-likeness (QED) is 0.615. The van der Waals surface area contributed by atoms with Crippen LogP contribution in [-0.2, 0) is 9.47 Å². The van der Waals surface area contributed by atoms with Crippen molar-refractivity contribution in [2.24, 2.45) is 5.92 Å². The molecular weight excluding hydrogens is 202 g/mol. The van der Waals surface area contributed by atoms with Gasteiger partial charge in [0, 0.05) is 13.2 Å². The summed E-state index contributed by atoms with van der Waals surface area (Å²) in [5.74, 6) is 0.800. The van der Waals surface area contributed by atoms with Crippen molar-refractivity contribution in [1.82, 2.24) is 5.32 Å². The third-order valence-corrected chi connectivity index (χ3v) is 3.01. The summed E-state index contributed by atoms with van der Waals surface area (Å²) in [5, 5.41) is 3.48. The maximum absolute atomic E-state index is 5.69. The minimum absolute atomic E-state index is 0.360. The van der Waals surface area contributed by atoms with Crippen LogP contribution in [0.15, 0.2) is 0 Å². The molecule has 0 saturated carbocycles. The maximum Gasteiger partial charge on any atom is 0.0830 e. The summed E-state index contributed by atoms with van der Waals surface area (Å²) in [4.78, 5) is 0. The van der Waals surface area contributed by atoms with Crippen LogP contribution < -0.4 is 5.32 Å². The van der Waals surface area contributed by atoms with Crippen LogP contribution in [0.25, 0.3) is 0 Å². The Kier molecular flexibility index (Phi) is 7.81. The zero-order valence-electron chi connectivity index (χ0n) is 10.8. The van der Waals surface area contributed by atoms with Gasteiger partial charge in [0.15, 0.2) is 0 Å². The van der Waals surface area contributed by atoms with Gasteiger partial charge in [0.2, 0.25) is 0 Å². The molecule has 1 fully saturated rings. The number of rotatable bonds is 9. The number of hydrogen-bond donors (Lipinski definition) is 1. The third kappa shape index (κ3) is 6.46. The van der Waals surface area contributed by atoms with Crippen LogP contribution in [0.3, 0.4) is 0 Å². The second-order valence-corrected chi connectivity index (χ2v) is 4.81. The fraction of sp³-hybridized carbons (Fsp3) is 1.00. The van der Waals surface area contributed by atoms with Gasteiger partial charge in [0.05, 0.1) is 12.7 Å². The molecule has 3 heteroatoms.